The summed E-state index contributed by atoms with van der Waals surface area (Å²) in [5.41, 5.74) is 1.67. The molecule has 4 rings (SSSR count). The van der Waals surface area contributed by atoms with Crippen LogP contribution in [-0.4, -0.2) is 26.7 Å². The summed E-state index contributed by atoms with van der Waals surface area (Å²) in [5.74, 6) is 0.559. The standard InChI is InChI=1S/C21H20BrClN4O/c22-15-8-12-18(13-9-15)27-20(14-6-10-16(23)11-7-14)25-19(26-27)21(28)24-17-4-2-1-3-5-17/h6-13,17H,1-5H2,(H,24,28). The van der Waals surface area contributed by atoms with Crippen molar-refractivity contribution in [1.82, 2.24) is 20.1 Å². The summed E-state index contributed by atoms with van der Waals surface area (Å²) in [4.78, 5) is 17.3. The molecule has 1 N–H and O–H groups in total. The summed E-state index contributed by atoms with van der Waals surface area (Å²) < 4.78 is 2.67. The van der Waals surface area contributed by atoms with E-state index < -0.39 is 0 Å². The molecule has 0 saturated heterocycles. The number of nitrogens with zero attached hydrogens (tertiary/aromatic N) is 3. The van der Waals surface area contributed by atoms with Crippen molar-refractivity contribution in [3.63, 3.8) is 0 Å². The van der Waals surface area contributed by atoms with Crippen LogP contribution < -0.4 is 5.32 Å². The molecular weight excluding hydrogens is 440 g/mol. The van der Waals surface area contributed by atoms with Gasteiger partial charge in [0.15, 0.2) is 5.82 Å². The zero-order valence-electron chi connectivity index (χ0n) is 15.2. The normalized spacial score (nSPS) is 14.8. The van der Waals surface area contributed by atoms with Gasteiger partial charge in [0.05, 0.1) is 5.69 Å². The molecule has 0 bridgehead atoms. The predicted molar refractivity (Wildman–Crippen MR) is 114 cm³/mol. The van der Waals surface area contributed by atoms with Crippen molar-refractivity contribution in [2.75, 3.05) is 0 Å². The second-order valence-electron chi connectivity index (χ2n) is 6.96. The van der Waals surface area contributed by atoms with Gasteiger partial charge < -0.3 is 5.32 Å². The monoisotopic (exact) mass is 458 g/mol. The van der Waals surface area contributed by atoms with Crippen molar-refractivity contribution in [2.45, 2.75) is 38.1 Å². The zero-order chi connectivity index (χ0) is 19.5. The van der Waals surface area contributed by atoms with Crippen LogP contribution >= 0.6 is 27.5 Å². The summed E-state index contributed by atoms with van der Waals surface area (Å²) in [6.45, 7) is 0. The van der Waals surface area contributed by atoms with Crippen molar-refractivity contribution in [1.29, 1.82) is 0 Å². The van der Waals surface area contributed by atoms with Gasteiger partial charge in [-0.15, -0.1) is 5.10 Å². The smallest absolute Gasteiger partial charge is 0.291 e. The Labute approximate surface area is 177 Å². The molecule has 28 heavy (non-hydrogen) atoms. The topological polar surface area (TPSA) is 59.8 Å². The SMILES string of the molecule is O=C(NC1CCCCC1)c1nc(-c2ccc(Cl)cc2)n(-c2ccc(Br)cc2)n1. The first kappa shape index (κ1) is 19.2. The molecule has 0 unspecified atom stereocenters. The van der Waals surface area contributed by atoms with Gasteiger partial charge in [-0.1, -0.05) is 46.8 Å². The third-order valence-corrected chi connectivity index (χ3v) is 5.70. The Kier molecular flexibility index (Phi) is 5.78. The first-order valence-corrected chi connectivity index (χ1v) is 10.6. The highest BCUT2D eigenvalue weighted by Gasteiger charge is 2.22. The van der Waals surface area contributed by atoms with E-state index in [1.54, 1.807) is 16.8 Å². The Morgan fingerprint density at radius 2 is 1.71 bits per heavy atom. The quantitative estimate of drug-likeness (QED) is 0.567. The van der Waals surface area contributed by atoms with Crippen LogP contribution in [0.3, 0.4) is 0 Å². The molecule has 0 atom stereocenters. The molecule has 144 valence electrons. The van der Waals surface area contributed by atoms with Crippen LogP contribution in [0, 0.1) is 0 Å². The van der Waals surface area contributed by atoms with Gasteiger partial charge in [-0.05, 0) is 61.4 Å². The van der Waals surface area contributed by atoms with Gasteiger partial charge in [0, 0.05) is 21.1 Å². The summed E-state index contributed by atoms with van der Waals surface area (Å²) in [6, 6.07) is 15.3. The Bertz CT molecular complexity index is 900. The average molecular weight is 460 g/mol. The number of aromatic nitrogens is 3. The minimum atomic E-state index is -0.224. The number of nitrogens with one attached hydrogen (secondary N) is 1. The second kappa shape index (κ2) is 8.45. The van der Waals surface area contributed by atoms with Crippen LogP contribution in [0.15, 0.2) is 53.0 Å². The number of halogens is 2. The molecule has 1 aromatic heterocycles. The van der Waals surface area contributed by atoms with Crippen LogP contribution in [0.5, 0.6) is 0 Å². The van der Waals surface area contributed by atoms with E-state index in [1.165, 1.54) is 6.42 Å². The maximum Gasteiger partial charge on any atom is 0.291 e. The lowest BCUT2D eigenvalue weighted by Crippen LogP contribution is -2.36. The zero-order valence-corrected chi connectivity index (χ0v) is 17.6. The lowest BCUT2D eigenvalue weighted by molar-refractivity contribution is 0.0917. The molecule has 1 aliphatic carbocycles. The van der Waals surface area contributed by atoms with Crippen LogP contribution in [0.25, 0.3) is 17.1 Å². The van der Waals surface area contributed by atoms with Crippen molar-refractivity contribution in [2.24, 2.45) is 0 Å². The molecule has 1 heterocycles. The highest BCUT2D eigenvalue weighted by molar-refractivity contribution is 9.10. The van der Waals surface area contributed by atoms with E-state index in [2.05, 4.69) is 31.3 Å². The molecule has 7 heteroatoms. The van der Waals surface area contributed by atoms with Crippen molar-refractivity contribution in [3.05, 3.63) is 63.9 Å². The van der Waals surface area contributed by atoms with Crippen molar-refractivity contribution < 1.29 is 4.79 Å². The summed E-state index contributed by atoms with van der Waals surface area (Å²) in [5, 5.41) is 8.26. The fraction of sp³-hybridized carbons (Fsp3) is 0.286. The number of hydrogen-bond acceptors (Lipinski definition) is 3. The van der Waals surface area contributed by atoms with E-state index in [9.17, 15) is 4.79 Å². The molecule has 1 saturated carbocycles. The van der Waals surface area contributed by atoms with E-state index in [4.69, 9.17) is 11.6 Å². The van der Waals surface area contributed by atoms with E-state index in [1.807, 2.05) is 36.4 Å². The average Bonchev–Trinajstić information content (AvgIpc) is 3.15. The lowest BCUT2D eigenvalue weighted by atomic mass is 9.95. The van der Waals surface area contributed by atoms with Crippen LogP contribution in [-0.2, 0) is 0 Å². The third kappa shape index (κ3) is 4.28. The molecule has 1 amide bonds. The van der Waals surface area contributed by atoms with Gasteiger partial charge in [-0.2, -0.15) is 0 Å². The van der Waals surface area contributed by atoms with E-state index >= 15 is 0 Å². The number of amides is 1. The second-order valence-corrected chi connectivity index (χ2v) is 8.31. The highest BCUT2D eigenvalue weighted by Crippen LogP contribution is 2.24. The van der Waals surface area contributed by atoms with Gasteiger partial charge in [0.1, 0.15) is 0 Å². The summed E-state index contributed by atoms with van der Waals surface area (Å²) >= 11 is 9.47. The number of hydrogen-bond donors (Lipinski definition) is 1. The Morgan fingerprint density at radius 3 is 2.39 bits per heavy atom. The van der Waals surface area contributed by atoms with E-state index in [0.29, 0.717) is 10.8 Å². The lowest BCUT2D eigenvalue weighted by Gasteiger charge is -2.21. The molecule has 1 fully saturated rings. The third-order valence-electron chi connectivity index (χ3n) is 4.92. The molecular formula is C21H20BrClN4O. The molecule has 0 spiro atoms. The fourth-order valence-electron chi connectivity index (χ4n) is 3.45. The number of rotatable bonds is 4. The maximum atomic E-state index is 12.8. The van der Waals surface area contributed by atoms with Crippen LogP contribution in [0.1, 0.15) is 42.7 Å². The number of benzene rings is 2. The van der Waals surface area contributed by atoms with Gasteiger partial charge >= 0.3 is 0 Å². The molecule has 1 aliphatic rings. The first-order valence-electron chi connectivity index (χ1n) is 9.40. The first-order chi connectivity index (χ1) is 13.6. The Morgan fingerprint density at radius 1 is 1.04 bits per heavy atom. The van der Waals surface area contributed by atoms with Gasteiger partial charge in [0.25, 0.3) is 5.91 Å². The van der Waals surface area contributed by atoms with Crippen molar-refractivity contribution >= 4 is 33.4 Å². The van der Waals surface area contributed by atoms with Crippen molar-refractivity contribution in [3.8, 4) is 17.1 Å². The molecule has 0 aliphatic heterocycles. The molecule has 0 radical (unpaired) electrons. The van der Waals surface area contributed by atoms with Crippen LogP contribution in [0.4, 0.5) is 0 Å². The number of carbonyl (C=O) groups excluding carboxylic acids is 1. The Balaban J connectivity index is 1.69. The van der Waals surface area contributed by atoms with Gasteiger partial charge in [-0.3, -0.25) is 4.79 Å². The van der Waals surface area contributed by atoms with E-state index in [-0.39, 0.29) is 17.8 Å². The summed E-state index contributed by atoms with van der Waals surface area (Å²) in [7, 11) is 0. The molecule has 3 aromatic rings. The predicted octanol–water partition coefficient (Wildman–Crippen LogP) is 5.41. The fourth-order valence-corrected chi connectivity index (χ4v) is 3.84. The highest BCUT2D eigenvalue weighted by atomic mass is 79.9. The van der Waals surface area contributed by atoms with Gasteiger partial charge in [-0.25, -0.2) is 9.67 Å². The molecule has 2 aromatic carbocycles. The number of carbonyl (C=O) groups is 1. The minimum absolute atomic E-state index is 0.179. The van der Waals surface area contributed by atoms with E-state index in [0.717, 1.165) is 41.4 Å². The van der Waals surface area contributed by atoms with Crippen LogP contribution in [0.2, 0.25) is 5.02 Å². The largest absolute Gasteiger partial charge is 0.347 e. The van der Waals surface area contributed by atoms with Gasteiger partial charge in [0.2, 0.25) is 5.82 Å². The Hall–Kier alpha value is -2.18. The molecule has 5 nitrogen and oxygen atoms in total. The minimum Gasteiger partial charge on any atom is -0.347 e. The summed E-state index contributed by atoms with van der Waals surface area (Å²) in [6.07, 6.45) is 5.58. The maximum absolute atomic E-state index is 12.8.